The third-order valence-corrected chi connectivity index (χ3v) is 3.62. The van der Waals surface area contributed by atoms with Crippen molar-refractivity contribution in [2.75, 3.05) is 5.32 Å². The minimum Gasteiger partial charge on any atom is -0.444 e. The number of amides is 2. The fraction of sp³-hybridized carbons (Fsp3) is 0.529. The van der Waals surface area contributed by atoms with E-state index in [1.54, 1.807) is 20.8 Å². The van der Waals surface area contributed by atoms with Crippen LogP contribution in [0.3, 0.4) is 0 Å². The van der Waals surface area contributed by atoms with Crippen LogP contribution in [0.1, 0.15) is 40.0 Å². The zero-order valence-electron chi connectivity index (χ0n) is 13.4. The van der Waals surface area contributed by atoms with Crippen LogP contribution in [0.2, 0.25) is 0 Å². The van der Waals surface area contributed by atoms with E-state index in [2.05, 4.69) is 10.6 Å². The Morgan fingerprint density at radius 2 is 1.82 bits per heavy atom. The van der Waals surface area contributed by atoms with Crippen molar-refractivity contribution in [2.45, 2.75) is 51.7 Å². The molecule has 22 heavy (non-hydrogen) atoms. The van der Waals surface area contributed by atoms with Crippen molar-refractivity contribution in [3.8, 4) is 0 Å². The average molecular weight is 304 g/mol. The zero-order valence-corrected chi connectivity index (χ0v) is 13.4. The average Bonchev–Trinajstić information content (AvgIpc) is 2.34. The zero-order chi connectivity index (χ0) is 16.2. The molecular formula is C17H24N2O3. The topological polar surface area (TPSA) is 67.4 Å². The highest BCUT2D eigenvalue weighted by Crippen LogP contribution is 2.30. The van der Waals surface area contributed by atoms with Gasteiger partial charge < -0.3 is 15.4 Å². The molecule has 0 radical (unpaired) electrons. The summed E-state index contributed by atoms with van der Waals surface area (Å²) in [6.45, 7) is 5.40. The molecule has 5 nitrogen and oxygen atoms in total. The molecule has 5 heteroatoms. The first kappa shape index (κ1) is 16.3. The molecule has 2 amide bonds. The molecule has 1 fully saturated rings. The number of anilines is 1. The summed E-state index contributed by atoms with van der Waals surface area (Å²) >= 11 is 0. The first-order valence-electron chi connectivity index (χ1n) is 7.70. The number of alkyl carbamates (subject to hydrolysis) is 1. The lowest BCUT2D eigenvalue weighted by atomic mass is 9.79. The number of hydrogen-bond donors (Lipinski definition) is 2. The van der Waals surface area contributed by atoms with Crippen molar-refractivity contribution in [3.63, 3.8) is 0 Å². The normalized spacial score (nSPS) is 16.3. The first-order chi connectivity index (χ1) is 10.3. The van der Waals surface area contributed by atoms with Gasteiger partial charge in [-0.2, -0.15) is 0 Å². The largest absolute Gasteiger partial charge is 0.444 e. The molecule has 1 aromatic rings. The van der Waals surface area contributed by atoms with Gasteiger partial charge in [0.25, 0.3) is 0 Å². The molecule has 0 heterocycles. The minimum absolute atomic E-state index is 0.177. The highest BCUT2D eigenvalue weighted by molar-refractivity contribution is 5.96. The molecule has 0 aromatic heterocycles. The molecule has 2 N–H and O–H groups in total. The quantitative estimate of drug-likeness (QED) is 0.896. The summed E-state index contributed by atoms with van der Waals surface area (Å²) in [5.41, 5.74) is 0.146. The molecule has 120 valence electrons. The van der Waals surface area contributed by atoms with E-state index in [4.69, 9.17) is 4.74 Å². The number of carbonyl (C=O) groups is 2. The molecule has 1 atom stereocenters. The fourth-order valence-electron chi connectivity index (χ4n) is 2.35. The van der Waals surface area contributed by atoms with Gasteiger partial charge in [-0.15, -0.1) is 0 Å². The van der Waals surface area contributed by atoms with Gasteiger partial charge in [-0.05, 0) is 51.7 Å². The van der Waals surface area contributed by atoms with E-state index < -0.39 is 17.7 Å². The Hall–Kier alpha value is -2.04. The van der Waals surface area contributed by atoms with E-state index in [-0.39, 0.29) is 11.8 Å². The van der Waals surface area contributed by atoms with Crippen molar-refractivity contribution in [2.24, 2.45) is 5.92 Å². The van der Waals surface area contributed by atoms with E-state index in [0.29, 0.717) is 0 Å². The second-order valence-corrected chi connectivity index (χ2v) is 6.67. The first-order valence-corrected chi connectivity index (χ1v) is 7.70. The Labute approximate surface area is 131 Å². The standard InChI is InChI=1S/C17H24N2O3/c1-17(2,3)22-16(21)19-14(12-8-7-9-12)15(20)18-13-10-5-4-6-11-13/h4-6,10-12,14H,7-9H2,1-3H3,(H,18,20)(H,19,21)/t14-/m1/s1. The number of nitrogens with one attached hydrogen (secondary N) is 2. The lowest BCUT2D eigenvalue weighted by molar-refractivity contribution is -0.120. The number of carbonyl (C=O) groups excluding carboxylic acids is 2. The van der Waals surface area contributed by atoms with Gasteiger partial charge in [0.05, 0.1) is 0 Å². The van der Waals surface area contributed by atoms with E-state index in [1.165, 1.54) is 0 Å². The lowest BCUT2D eigenvalue weighted by Gasteiger charge is -2.33. The maximum atomic E-state index is 12.5. The van der Waals surface area contributed by atoms with Gasteiger partial charge in [-0.1, -0.05) is 24.6 Å². The van der Waals surface area contributed by atoms with Gasteiger partial charge in [0, 0.05) is 5.69 Å². The summed E-state index contributed by atoms with van der Waals surface area (Å²) in [4.78, 5) is 24.4. The second-order valence-electron chi connectivity index (χ2n) is 6.67. The number of hydrogen-bond acceptors (Lipinski definition) is 3. The minimum atomic E-state index is -0.579. The van der Waals surface area contributed by atoms with Crippen molar-refractivity contribution in [1.82, 2.24) is 5.32 Å². The highest BCUT2D eigenvalue weighted by atomic mass is 16.6. The molecule has 2 rings (SSSR count). The summed E-state index contributed by atoms with van der Waals surface area (Å²) in [6, 6.07) is 8.69. The molecule has 0 bridgehead atoms. The van der Waals surface area contributed by atoms with Crippen molar-refractivity contribution >= 4 is 17.7 Å². The van der Waals surface area contributed by atoms with Crippen molar-refractivity contribution < 1.29 is 14.3 Å². The van der Waals surface area contributed by atoms with E-state index in [0.717, 1.165) is 24.9 Å². The Morgan fingerprint density at radius 1 is 1.18 bits per heavy atom. The van der Waals surface area contributed by atoms with Crippen LogP contribution < -0.4 is 10.6 Å². The number of para-hydroxylation sites is 1. The van der Waals surface area contributed by atoms with Gasteiger partial charge in [0.15, 0.2) is 0 Å². The molecule has 1 aliphatic rings. The molecule has 1 aromatic carbocycles. The van der Waals surface area contributed by atoms with Crippen LogP contribution >= 0.6 is 0 Å². The summed E-state index contributed by atoms with van der Waals surface area (Å²) in [7, 11) is 0. The molecule has 1 saturated carbocycles. The van der Waals surface area contributed by atoms with E-state index >= 15 is 0 Å². The van der Waals surface area contributed by atoms with Crippen LogP contribution in [0, 0.1) is 5.92 Å². The molecule has 0 saturated heterocycles. The predicted molar refractivity (Wildman–Crippen MR) is 85.6 cm³/mol. The van der Waals surface area contributed by atoms with Gasteiger partial charge in [0.2, 0.25) is 5.91 Å². The van der Waals surface area contributed by atoms with E-state index in [1.807, 2.05) is 30.3 Å². The Balaban J connectivity index is 1.99. The van der Waals surface area contributed by atoms with Gasteiger partial charge in [-0.3, -0.25) is 4.79 Å². The highest BCUT2D eigenvalue weighted by Gasteiger charge is 2.35. The maximum Gasteiger partial charge on any atom is 0.408 e. The number of benzene rings is 1. The maximum absolute atomic E-state index is 12.5. The molecule has 0 unspecified atom stereocenters. The second kappa shape index (κ2) is 6.81. The van der Waals surface area contributed by atoms with Gasteiger partial charge >= 0.3 is 6.09 Å². The van der Waals surface area contributed by atoms with Crippen LogP contribution in [0.25, 0.3) is 0 Å². The summed E-state index contributed by atoms with van der Waals surface area (Å²) in [5, 5.41) is 5.57. The summed E-state index contributed by atoms with van der Waals surface area (Å²) in [6.07, 6.45) is 2.44. The van der Waals surface area contributed by atoms with Crippen LogP contribution in [-0.4, -0.2) is 23.6 Å². The lowest BCUT2D eigenvalue weighted by Crippen LogP contribution is -2.51. The van der Waals surface area contributed by atoms with Crippen LogP contribution in [0.15, 0.2) is 30.3 Å². The molecule has 0 aliphatic heterocycles. The predicted octanol–water partition coefficient (Wildman–Crippen LogP) is 3.32. The van der Waals surface area contributed by atoms with Crippen molar-refractivity contribution in [3.05, 3.63) is 30.3 Å². The molecular weight excluding hydrogens is 280 g/mol. The summed E-state index contributed by atoms with van der Waals surface area (Å²) < 4.78 is 5.26. The fourth-order valence-corrected chi connectivity index (χ4v) is 2.35. The van der Waals surface area contributed by atoms with E-state index in [9.17, 15) is 9.59 Å². The van der Waals surface area contributed by atoms with Crippen molar-refractivity contribution in [1.29, 1.82) is 0 Å². The smallest absolute Gasteiger partial charge is 0.408 e. The monoisotopic (exact) mass is 304 g/mol. The van der Waals surface area contributed by atoms with Crippen LogP contribution in [-0.2, 0) is 9.53 Å². The SMILES string of the molecule is CC(C)(C)OC(=O)N[C@@H](C(=O)Nc1ccccc1)C1CCC1. The van der Waals surface area contributed by atoms with Gasteiger partial charge in [-0.25, -0.2) is 4.79 Å². The number of rotatable bonds is 4. The Kier molecular flexibility index (Phi) is 5.06. The third-order valence-electron chi connectivity index (χ3n) is 3.62. The Bertz CT molecular complexity index is 518. The Morgan fingerprint density at radius 3 is 2.32 bits per heavy atom. The summed E-state index contributed by atoms with van der Waals surface area (Å²) in [5.74, 6) is -0.0158. The van der Waals surface area contributed by atoms with Crippen LogP contribution in [0.5, 0.6) is 0 Å². The number of ether oxygens (including phenoxy) is 1. The van der Waals surface area contributed by atoms with Crippen LogP contribution in [0.4, 0.5) is 10.5 Å². The molecule has 0 spiro atoms. The van der Waals surface area contributed by atoms with Gasteiger partial charge in [0.1, 0.15) is 11.6 Å². The third kappa shape index (κ3) is 4.76. The molecule has 1 aliphatic carbocycles.